The van der Waals surface area contributed by atoms with E-state index in [1.54, 1.807) is 18.3 Å². The van der Waals surface area contributed by atoms with Gasteiger partial charge in [-0.25, -0.2) is 4.98 Å². The SMILES string of the molecule is Oc1ccc2cc1CCc1cccc(c1)Nc1ncc(Cl)c(n1)N2. The van der Waals surface area contributed by atoms with Crippen LogP contribution in [0.15, 0.2) is 48.7 Å². The maximum absolute atomic E-state index is 10.1. The Labute approximate surface area is 144 Å². The highest BCUT2D eigenvalue weighted by Gasteiger charge is 2.10. The van der Waals surface area contributed by atoms with Gasteiger partial charge in [-0.05, 0) is 54.3 Å². The summed E-state index contributed by atoms with van der Waals surface area (Å²) in [6.45, 7) is 0. The quantitative estimate of drug-likeness (QED) is 0.529. The Balaban J connectivity index is 1.84. The lowest BCUT2D eigenvalue weighted by Crippen LogP contribution is -2.01. The Hall–Kier alpha value is -2.79. The molecule has 120 valence electrons. The second-order valence-electron chi connectivity index (χ2n) is 5.68. The molecule has 0 atom stereocenters. The fourth-order valence-electron chi connectivity index (χ4n) is 2.73. The molecule has 0 saturated heterocycles. The number of anilines is 4. The van der Waals surface area contributed by atoms with Gasteiger partial charge in [-0.3, -0.25) is 0 Å². The van der Waals surface area contributed by atoms with Crippen molar-refractivity contribution in [1.82, 2.24) is 9.97 Å². The number of phenols is 1. The summed E-state index contributed by atoms with van der Waals surface area (Å²) >= 11 is 6.20. The van der Waals surface area contributed by atoms with Gasteiger partial charge >= 0.3 is 0 Å². The molecule has 2 aromatic carbocycles. The number of fused-ring (bicyclic) bond motifs is 6. The lowest BCUT2D eigenvalue weighted by Gasteiger charge is -2.11. The minimum absolute atomic E-state index is 0.291. The summed E-state index contributed by atoms with van der Waals surface area (Å²) in [6.07, 6.45) is 3.12. The number of benzene rings is 2. The predicted octanol–water partition coefficient (Wildman–Crippen LogP) is 4.42. The van der Waals surface area contributed by atoms with Crippen LogP contribution in [0.3, 0.4) is 0 Å². The van der Waals surface area contributed by atoms with E-state index in [4.69, 9.17) is 11.6 Å². The zero-order chi connectivity index (χ0) is 16.5. The van der Waals surface area contributed by atoms with Gasteiger partial charge in [0, 0.05) is 11.4 Å². The van der Waals surface area contributed by atoms with Crippen LogP contribution in [0.4, 0.5) is 23.1 Å². The molecule has 0 radical (unpaired) electrons. The van der Waals surface area contributed by atoms with E-state index in [1.165, 1.54) is 5.56 Å². The zero-order valence-electron chi connectivity index (χ0n) is 12.8. The van der Waals surface area contributed by atoms with Crippen LogP contribution in [0.25, 0.3) is 0 Å². The first kappa shape index (κ1) is 14.8. The Morgan fingerprint density at radius 2 is 1.88 bits per heavy atom. The number of aromatic hydroxyl groups is 1. The highest BCUT2D eigenvalue weighted by atomic mass is 35.5. The van der Waals surface area contributed by atoms with Crippen molar-refractivity contribution in [3.05, 3.63) is 64.8 Å². The van der Waals surface area contributed by atoms with Crippen molar-refractivity contribution in [3.8, 4) is 5.75 Å². The standard InChI is InChI=1S/C18H15ClN4O/c19-15-10-20-18-22-13-3-1-2-11(8-13)4-5-12-9-14(6-7-16(12)24)21-17(15)23-18/h1-3,6-10,24H,4-5H2,(H2,20,21,22,23). The third kappa shape index (κ3) is 2.98. The van der Waals surface area contributed by atoms with Crippen molar-refractivity contribution < 1.29 is 5.11 Å². The van der Waals surface area contributed by atoms with Crippen LogP contribution < -0.4 is 10.6 Å². The smallest absolute Gasteiger partial charge is 0.229 e. The first-order chi connectivity index (χ1) is 11.7. The van der Waals surface area contributed by atoms with Crippen LogP contribution in [-0.2, 0) is 12.8 Å². The van der Waals surface area contributed by atoms with E-state index < -0.39 is 0 Å². The Morgan fingerprint density at radius 1 is 1.00 bits per heavy atom. The van der Waals surface area contributed by atoms with Crippen LogP contribution >= 0.6 is 11.6 Å². The summed E-state index contributed by atoms with van der Waals surface area (Å²) in [5.74, 6) is 1.28. The van der Waals surface area contributed by atoms with Gasteiger partial charge in [0.05, 0.1) is 6.20 Å². The molecule has 6 bridgehead atoms. The number of aryl methyl sites for hydroxylation is 2. The molecule has 3 aromatic rings. The third-order valence-corrected chi connectivity index (χ3v) is 4.23. The van der Waals surface area contributed by atoms with Gasteiger partial charge in [-0.15, -0.1) is 0 Å². The van der Waals surface area contributed by atoms with Gasteiger partial charge in [0.25, 0.3) is 0 Å². The number of nitrogens with zero attached hydrogens (tertiary/aromatic N) is 2. The van der Waals surface area contributed by atoms with E-state index >= 15 is 0 Å². The van der Waals surface area contributed by atoms with Crippen LogP contribution in [0.2, 0.25) is 5.02 Å². The number of hydrogen-bond donors (Lipinski definition) is 3. The average molecular weight is 339 g/mol. The Bertz CT molecular complexity index is 913. The molecule has 1 aliphatic rings. The molecular weight excluding hydrogens is 324 g/mol. The molecule has 5 nitrogen and oxygen atoms in total. The number of halogens is 1. The zero-order valence-corrected chi connectivity index (χ0v) is 13.5. The maximum atomic E-state index is 10.1. The largest absolute Gasteiger partial charge is 0.508 e. The highest BCUT2D eigenvalue weighted by molar-refractivity contribution is 6.32. The van der Waals surface area contributed by atoms with Crippen LogP contribution in [0.1, 0.15) is 11.1 Å². The summed E-state index contributed by atoms with van der Waals surface area (Å²) in [5, 5.41) is 16.9. The van der Waals surface area contributed by atoms with Crippen molar-refractivity contribution in [2.24, 2.45) is 0 Å². The van der Waals surface area contributed by atoms with Crippen molar-refractivity contribution in [1.29, 1.82) is 0 Å². The number of aromatic nitrogens is 2. The van der Waals surface area contributed by atoms with Crippen molar-refractivity contribution in [2.45, 2.75) is 12.8 Å². The molecule has 4 rings (SSSR count). The minimum atomic E-state index is 0.291. The second-order valence-corrected chi connectivity index (χ2v) is 6.09. The van der Waals surface area contributed by atoms with E-state index in [0.29, 0.717) is 22.5 Å². The highest BCUT2D eigenvalue weighted by Crippen LogP contribution is 2.29. The second kappa shape index (κ2) is 6.02. The molecule has 24 heavy (non-hydrogen) atoms. The molecule has 0 saturated carbocycles. The topological polar surface area (TPSA) is 70.1 Å². The van der Waals surface area contributed by atoms with Crippen molar-refractivity contribution in [2.75, 3.05) is 10.6 Å². The molecule has 6 heteroatoms. The molecule has 0 fully saturated rings. The van der Waals surface area contributed by atoms with E-state index in [0.717, 1.165) is 29.8 Å². The summed E-state index contributed by atoms with van der Waals surface area (Å²) in [5.41, 5.74) is 3.78. The molecule has 2 heterocycles. The molecule has 1 aliphatic heterocycles. The van der Waals surface area contributed by atoms with Crippen molar-refractivity contribution >= 4 is 34.7 Å². The van der Waals surface area contributed by atoms with E-state index in [9.17, 15) is 5.11 Å². The molecule has 0 spiro atoms. The van der Waals surface area contributed by atoms with Gasteiger partial charge in [0.15, 0.2) is 5.82 Å². The normalized spacial score (nSPS) is 12.9. The summed E-state index contributed by atoms with van der Waals surface area (Å²) in [4.78, 5) is 8.66. The predicted molar refractivity (Wildman–Crippen MR) is 95.6 cm³/mol. The van der Waals surface area contributed by atoms with Crippen LogP contribution in [0.5, 0.6) is 5.75 Å². The monoisotopic (exact) mass is 338 g/mol. The van der Waals surface area contributed by atoms with Crippen LogP contribution in [0, 0.1) is 0 Å². The number of phenolic OH excluding ortho intramolecular Hbond substituents is 1. The fourth-order valence-corrected chi connectivity index (χ4v) is 2.87. The first-order valence-electron chi connectivity index (χ1n) is 7.65. The lowest BCUT2D eigenvalue weighted by molar-refractivity contribution is 0.468. The van der Waals surface area contributed by atoms with Gasteiger partial charge in [0.1, 0.15) is 10.8 Å². The first-order valence-corrected chi connectivity index (χ1v) is 8.02. The van der Waals surface area contributed by atoms with Crippen LogP contribution in [-0.4, -0.2) is 15.1 Å². The molecular formula is C18H15ClN4O. The Morgan fingerprint density at radius 3 is 2.79 bits per heavy atom. The lowest BCUT2D eigenvalue weighted by atomic mass is 10.0. The summed E-state index contributed by atoms with van der Waals surface area (Å²) in [7, 11) is 0. The molecule has 0 amide bonds. The minimum Gasteiger partial charge on any atom is -0.508 e. The van der Waals surface area contributed by atoms with Gasteiger partial charge in [-0.2, -0.15) is 4.98 Å². The molecule has 0 aliphatic carbocycles. The van der Waals surface area contributed by atoms with Gasteiger partial charge in [0.2, 0.25) is 5.95 Å². The summed E-state index contributed by atoms with van der Waals surface area (Å²) in [6, 6.07) is 13.5. The maximum Gasteiger partial charge on any atom is 0.229 e. The van der Waals surface area contributed by atoms with E-state index in [2.05, 4.69) is 32.7 Å². The van der Waals surface area contributed by atoms with Gasteiger partial charge in [-0.1, -0.05) is 23.7 Å². The van der Waals surface area contributed by atoms with E-state index in [-0.39, 0.29) is 0 Å². The molecule has 0 unspecified atom stereocenters. The van der Waals surface area contributed by atoms with Gasteiger partial charge < -0.3 is 15.7 Å². The molecule has 3 N–H and O–H groups in total. The fraction of sp³-hybridized carbons (Fsp3) is 0.111. The number of rotatable bonds is 0. The van der Waals surface area contributed by atoms with Crippen molar-refractivity contribution in [3.63, 3.8) is 0 Å². The molecule has 1 aromatic heterocycles. The summed E-state index contributed by atoms with van der Waals surface area (Å²) < 4.78 is 0. The third-order valence-electron chi connectivity index (χ3n) is 3.95. The Kier molecular flexibility index (Phi) is 3.70. The average Bonchev–Trinajstić information content (AvgIpc) is 2.58. The number of hydrogen-bond acceptors (Lipinski definition) is 5. The van der Waals surface area contributed by atoms with E-state index in [1.807, 2.05) is 18.2 Å². The number of nitrogens with one attached hydrogen (secondary N) is 2.